The van der Waals surface area contributed by atoms with E-state index in [0.29, 0.717) is 24.7 Å². The van der Waals surface area contributed by atoms with Crippen LogP contribution >= 0.6 is 0 Å². The zero-order chi connectivity index (χ0) is 22.2. The smallest absolute Gasteiger partial charge is 0.274 e. The maximum Gasteiger partial charge on any atom is 0.274 e. The van der Waals surface area contributed by atoms with Gasteiger partial charge in [-0.3, -0.25) is 0 Å². The summed E-state index contributed by atoms with van der Waals surface area (Å²) in [7, 11) is 3.59. The molecular weight excluding hydrogens is 406 g/mol. The molecular formula is C24H25N5O3. The molecule has 8 nitrogen and oxygen atoms in total. The molecule has 3 aromatic heterocycles. The molecule has 5 aromatic rings. The summed E-state index contributed by atoms with van der Waals surface area (Å²) >= 11 is 0. The predicted octanol–water partition coefficient (Wildman–Crippen LogP) is 3.98. The highest BCUT2D eigenvalue weighted by atomic mass is 16.5. The summed E-state index contributed by atoms with van der Waals surface area (Å²) in [5.41, 5.74) is 10.4. The van der Waals surface area contributed by atoms with Gasteiger partial charge in [-0.05, 0) is 43.2 Å². The van der Waals surface area contributed by atoms with E-state index in [9.17, 15) is 0 Å². The fourth-order valence-electron chi connectivity index (χ4n) is 4.14. The molecule has 0 unspecified atom stereocenters. The monoisotopic (exact) mass is 431 g/mol. The van der Waals surface area contributed by atoms with Gasteiger partial charge < -0.3 is 29.3 Å². The van der Waals surface area contributed by atoms with Crippen molar-refractivity contribution in [3.8, 4) is 23.1 Å². The summed E-state index contributed by atoms with van der Waals surface area (Å²) in [6.07, 6.45) is 2.73. The minimum Gasteiger partial charge on any atom is -0.495 e. The molecule has 2 aromatic carbocycles. The number of aryl methyl sites for hydroxylation is 2. The van der Waals surface area contributed by atoms with Crippen LogP contribution in [-0.4, -0.2) is 39.5 Å². The number of nitrogens with one attached hydrogen (secondary N) is 1. The van der Waals surface area contributed by atoms with Gasteiger partial charge in [0.25, 0.3) is 5.89 Å². The quantitative estimate of drug-likeness (QED) is 0.404. The van der Waals surface area contributed by atoms with E-state index < -0.39 is 0 Å². The van der Waals surface area contributed by atoms with Gasteiger partial charge in [-0.1, -0.05) is 23.4 Å². The number of rotatable bonds is 7. The second kappa shape index (κ2) is 8.05. The van der Waals surface area contributed by atoms with Crippen LogP contribution in [0.15, 0.2) is 53.2 Å². The van der Waals surface area contributed by atoms with Gasteiger partial charge >= 0.3 is 0 Å². The number of hydrogen-bond donors (Lipinski definition) is 2. The second-order valence-electron chi connectivity index (χ2n) is 7.90. The van der Waals surface area contributed by atoms with Gasteiger partial charge in [0.05, 0.1) is 12.6 Å². The minimum absolute atomic E-state index is 0.159. The van der Waals surface area contributed by atoms with E-state index in [1.54, 1.807) is 14.0 Å². The lowest BCUT2D eigenvalue weighted by Gasteiger charge is -2.15. The SMILES string of the molecule is COc1ccc(OC[C@@H](N)Cc2c[nH]c3ccccc23)c2cc(-c3nc(C)no3)n(C)c12. The molecule has 3 N–H and O–H groups in total. The van der Waals surface area contributed by atoms with Crippen molar-refractivity contribution in [2.45, 2.75) is 19.4 Å². The molecule has 0 aliphatic rings. The molecule has 3 heterocycles. The Labute approximate surface area is 184 Å². The number of aromatic nitrogens is 4. The fourth-order valence-corrected chi connectivity index (χ4v) is 4.14. The van der Waals surface area contributed by atoms with Crippen LogP contribution in [0.1, 0.15) is 11.4 Å². The number of nitrogens with zero attached hydrogens (tertiary/aromatic N) is 3. The zero-order valence-electron chi connectivity index (χ0n) is 18.3. The lowest BCUT2D eigenvalue weighted by atomic mass is 10.1. The average molecular weight is 431 g/mol. The summed E-state index contributed by atoms with van der Waals surface area (Å²) in [6.45, 7) is 2.17. The Morgan fingerprint density at radius 2 is 1.97 bits per heavy atom. The van der Waals surface area contributed by atoms with Crippen molar-refractivity contribution in [1.29, 1.82) is 0 Å². The molecule has 0 saturated heterocycles. The van der Waals surface area contributed by atoms with E-state index in [1.165, 1.54) is 10.9 Å². The van der Waals surface area contributed by atoms with Crippen molar-refractivity contribution in [2.24, 2.45) is 12.8 Å². The van der Waals surface area contributed by atoms with Crippen LogP contribution in [0.2, 0.25) is 0 Å². The first kappa shape index (κ1) is 20.1. The Morgan fingerprint density at radius 3 is 2.75 bits per heavy atom. The standard InChI is InChI=1S/C24H25N5O3/c1-14-27-24(32-28-14)20-11-18-21(8-9-22(30-3)23(18)29(20)2)31-13-16(25)10-15-12-26-19-7-5-4-6-17(15)19/h4-9,11-12,16,26H,10,13,25H2,1-3H3/t16-/m0/s1. The van der Waals surface area contributed by atoms with Gasteiger partial charge in [-0.2, -0.15) is 4.98 Å². The zero-order valence-corrected chi connectivity index (χ0v) is 18.3. The van der Waals surface area contributed by atoms with E-state index in [2.05, 4.69) is 27.3 Å². The molecule has 0 bridgehead atoms. The van der Waals surface area contributed by atoms with Crippen LogP contribution < -0.4 is 15.2 Å². The third kappa shape index (κ3) is 3.48. The number of fused-ring (bicyclic) bond motifs is 2. The maximum absolute atomic E-state index is 6.43. The topological polar surface area (TPSA) is 104 Å². The molecule has 0 amide bonds. The van der Waals surface area contributed by atoms with Gasteiger partial charge in [0.15, 0.2) is 5.82 Å². The van der Waals surface area contributed by atoms with Crippen molar-refractivity contribution in [2.75, 3.05) is 13.7 Å². The first-order valence-electron chi connectivity index (χ1n) is 10.5. The number of ether oxygens (including phenoxy) is 2. The van der Waals surface area contributed by atoms with Crippen LogP contribution in [0, 0.1) is 6.92 Å². The Kier molecular flexibility index (Phi) is 5.07. The lowest BCUT2D eigenvalue weighted by molar-refractivity contribution is 0.290. The Hall–Kier alpha value is -3.78. The van der Waals surface area contributed by atoms with Gasteiger partial charge in [0.1, 0.15) is 23.8 Å². The molecule has 0 aliphatic carbocycles. The highest BCUT2D eigenvalue weighted by Crippen LogP contribution is 2.38. The summed E-state index contributed by atoms with van der Waals surface area (Å²) in [4.78, 5) is 7.66. The summed E-state index contributed by atoms with van der Waals surface area (Å²) in [6, 6.07) is 13.8. The molecule has 1 atom stereocenters. The summed E-state index contributed by atoms with van der Waals surface area (Å²) in [5, 5.41) is 6.00. The van der Waals surface area contributed by atoms with Crippen molar-refractivity contribution < 1.29 is 14.0 Å². The molecule has 0 saturated carbocycles. The first-order chi connectivity index (χ1) is 15.5. The van der Waals surface area contributed by atoms with Crippen LogP contribution in [-0.2, 0) is 13.5 Å². The van der Waals surface area contributed by atoms with E-state index in [1.807, 2.05) is 48.1 Å². The van der Waals surface area contributed by atoms with Crippen molar-refractivity contribution in [1.82, 2.24) is 19.7 Å². The summed E-state index contributed by atoms with van der Waals surface area (Å²) in [5.74, 6) is 2.50. The molecule has 0 radical (unpaired) electrons. The van der Waals surface area contributed by atoms with Gasteiger partial charge in [-0.25, -0.2) is 0 Å². The number of benzene rings is 2. The Morgan fingerprint density at radius 1 is 1.16 bits per heavy atom. The Bertz CT molecular complexity index is 1400. The van der Waals surface area contributed by atoms with E-state index >= 15 is 0 Å². The minimum atomic E-state index is -0.159. The highest BCUT2D eigenvalue weighted by Gasteiger charge is 2.20. The van der Waals surface area contributed by atoms with E-state index in [-0.39, 0.29) is 6.04 Å². The predicted molar refractivity (Wildman–Crippen MR) is 123 cm³/mol. The first-order valence-corrected chi connectivity index (χ1v) is 10.5. The maximum atomic E-state index is 6.43. The van der Waals surface area contributed by atoms with Gasteiger partial charge in [-0.15, -0.1) is 0 Å². The molecule has 164 valence electrons. The van der Waals surface area contributed by atoms with E-state index in [4.69, 9.17) is 19.7 Å². The van der Waals surface area contributed by atoms with Crippen molar-refractivity contribution in [3.05, 3.63) is 60.0 Å². The number of para-hydroxylation sites is 1. The second-order valence-corrected chi connectivity index (χ2v) is 7.90. The number of H-pyrrole nitrogens is 1. The fraction of sp³-hybridized carbons (Fsp3) is 0.250. The van der Waals surface area contributed by atoms with Crippen LogP contribution in [0.4, 0.5) is 0 Å². The molecule has 0 spiro atoms. The Balaban J connectivity index is 1.41. The summed E-state index contributed by atoms with van der Waals surface area (Å²) < 4.78 is 19.1. The third-order valence-corrected chi connectivity index (χ3v) is 5.69. The highest BCUT2D eigenvalue weighted by molar-refractivity contribution is 5.95. The van der Waals surface area contributed by atoms with Gasteiger partial charge in [0.2, 0.25) is 0 Å². The average Bonchev–Trinajstić information content (AvgIpc) is 3.50. The third-order valence-electron chi connectivity index (χ3n) is 5.69. The van der Waals surface area contributed by atoms with Crippen LogP contribution in [0.5, 0.6) is 11.5 Å². The lowest BCUT2D eigenvalue weighted by Crippen LogP contribution is -2.30. The number of nitrogens with two attached hydrogens (primary N) is 1. The van der Waals surface area contributed by atoms with Crippen LogP contribution in [0.3, 0.4) is 0 Å². The van der Waals surface area contributed by atoms with Crippen molar-refractivity contribution in [3.63, 3.8) is 0 Å². The molecule has 32 heavy (non-hydrogen) atoms. The number of methoxy groups -OCH3 is 1. The molecule has 8 heteroatoms. The largest absolute Gasteiger partial charge is 0.495 e. The number of aromatic amines is 1. The molecule has 5 rings (SSSR count). The normalized spacial score (nSPS) is 12.5. The van der Waals surface area contributed by atoms with E-state index in [0.717, 1.165) is 33.6 Å². The number of hydrogen-bond acceptors (Lipinski definition) is 6. The van der Waals surface area contributed by atoms with Crippen molar-refractivity contribution >= 4 is 21.8 Å². The molecule has 0 fully saturated rings. The molecule has 0 aliphatic heterocycles. The van der Waals surface area contributed by atoms with Crippen LogP contribution in [0.25, 0.3) is 33.4 Å². The van der Waals surface area contributed by atoms with Gasteiger partial charge in [0, 0.05) is 35.6 Å².